The van der Waals surface area contributed by atoms with Gasteiger partial charge in [-0.2, -0.15) is 0 Å². The lowest BCUT2D eigenvalue weighted by Gasteiger charge is -2.04. The van der Waals surface area contributed by atoms with Crippen LogP contribution in [0.1, 0.15) is 71.6 Å². The highest BCUT2D eigenvalue weighted by Gasteiger charge is 2.00. The molecule has 0 radical (unpaired) electrons. The summed E-state index contributed by atoms with van der Waals surface area (Å²) < 4.78 is 8.88. The van der Waals surface area contributed by atoms with Crippen LogP contribution in [-0.2, 0) is 39.5 Å². The Morgan fingerprint density at radius 3 is 1.78 bits per heavy atom. The zero-order chi connectivity index (χ0) is 20.8. The monoisotopic (exact) mass is 420 g/mol. The van der Waals surface area contributed by atoms with E-state index in [9.17, 15) is 0 Å². The highest BCUT2D eigenvalue weighted by molar-refractivity contribution is 7.45. The molecular formula is C15H33O11P. The fourth-order valence-corrected chi connectivity index (χ4v) is 1.91. The number of hydrogen-bond acceptors (Lipinski definition) is 8. The summed E-state index contributed by atoms with van der Waals surface area (Å²) >= 11 is 0. The number of rotatable bonds is 18. The van der Waals surface area contributed by atoms with Crippen LogP contribution >= 0.6 is 7.82 Å². The molecule has 3 N–H and O–H groups in total. The van der Waals surface area contributed by atoms with E-state index in [0.29, 0.717) is 6.61 Å². The van der Waals surface area contributed by atoms with Crippen LogP contribution in [0, 0.1) is 5.92 Å². The molecule has 0 spiro atoms. The third-order valence-electron chi connectivity index (χ3n) is 3.03. The summed E-state index contributed by atoms with van der Waals surface area (Å²) in [5.41, 5.74) is 0. The molecule has 11 nitrogen and oxygen atoms in total. The molecule has 0 aromatic heterocycles. The molecule has 0 saturated carbocycles. The van der Waals surface area contributed by atoms with Gasteiger partial charge in [0, 0.05) is 15.1 Å². The van der Waals surface area contributed by atoms with Crippen molar-refractivity contribution in [1.29, 1.82) is 0 Å². The van der Waals surface area contributed by atoms with E-state index >= 15 is 0 Å². The van der Waals surface area contributed by atoms with Crippen LogP contribution in [0.25, 0.3) is 0 Å². The van der Waals surface area contributed by atoms with Crippen molar-refractivity contribution in [2.45, 2.75) is 71.6 Å². The van der Waals surface area contributed by atoms with Gasteiger partial charge >= 0.3 is 7.82 Å². The third-order valence-corrected chi connectivity index (χ3v) is 3.03. The number of phosphoric acid groups is 1. The molecule has 0 amide bonds. The van der Waals surface area contributed by atoms with Crippen molar-refractivity contribution in [3.8, 4) is 0 Å². The van der Waals surface area contributed by atoms with Crippen molar-refractivity contribution < 1.29 is 54.2 Å². The minimum absolute atomic E-state index is 0.418. The van der Waals surface area contributed by atoms with Crippen molar-refractivity contribution in [1.82, 2.24) is 0 Å². The molecule has 0 rings (SSSR count). The Hall–Kier alpha value is -0.590. The molecule has 0 aromatic rings. The van der Waals surface area contributed by atoms with E-state index in [4.69, 9.17) is 19.2 Å². The highest BCUT2D eigenvalue weighted by atomic mass is 31.2. The first-order valence-electron chi connectivity index (χ1n) is 8.78. The summed E-state index contributed by atoms with van der Waals surface area (Å²) in [6.07, 6.45) is 12.2. The number of unbranched alkanes of at least 4 members (excludes halogenated alkanes) is 7. The van der Waals surface area contributed by atoms with Crippen LogP contribution in [0.15, 0.2) is 12.8 Å². The molecule has 0 atom stereocenters. The third kappa shape index (κ3) is 41.1. The molecular weight excluding hydrogens is 387 g/mol. The Labute approximate surface area is 159 Å². The van der Waals surface area contributed by atoms with Gasteiger partial charge in [0.05, 0.1) is 6.61 Å². The zero-order valence-corrected chi connectivity index (χ0v) is 16.9. The van der Waals surface area contributed by atoms with Gasteiger partial charge in [0.25, 0.3) is 0 Å². The lowest BCUT2D eigenvalue weighted by atomic mass is 10.0. The van der Waals surface area contributed by atoms with Gasteiger partial charge in [-0.05, 0) is 22.4 Å². The molecule has 0 unspecified atom stereocenters. The standard InChI is InChI=1S/C15H30O7.H3O4P/c1-4-16-18-20-22-21-19-17-14-12-10-8-6-5-7-9-11-13-15(2)3;1-5(2,3)4/h4,15H,1,5-14H2,2-3H3;(H3,1,2,3,4). The Kier molecular flexibility index (Phi) is 23.0. The van der Waals surface area contributed by atoms with Crippen molar-refractivity contribution in [3.63, 3.8) is 0 Å². The molecule has 0 saturated heterocycles. The summed E-state index contributed by atoms with van der Waals surface area (Å²) in [4.78, 5) is 30.3. The molecule has 0 fully saturated rings. The fraction of sp³-hybridized carbons (Fsp3) is 0.867. The average molecular weight is 420 g/mol. The van der Waals surface area contributed by atoms with E-state index in [0.717, 1.165) is 25.0 Å². The zero-order valence-electron chi connectivity index (χ0n) is 16.0. The van der Waals surface area contributed by atoms with Gasteiger partial charge in [-0.25, -0.2) is 9.45 Å². The van der Waals surface area contributed by atoms with Gasteiger partial charge in [0.1, 0.15) is 6.26 Å². The molecule has 27 heavy (non-hydrogen) atoms. The first-order chi connectivity index (χ1) is 12.8. The molecule has 0 bridgehead atoms. The van der Waals surface area contributed by atoms with E-state index in [2.05, 4.69) is 55.4 Å². The SMILES string of the molecule is C=COOOOOOOCCCCCCCCCCC(C)C.O=P(O)(O)O. The van der Waals surface area contributed by atoms with Crippen LogP contribution < -0.4 is 0 Å². The Balaban J connectivity index is 0. The summed E-state index contributed by atoms with van der Waals surface area (Å²) in [7, 11) is -4.64. The lowest BCUT2D eigenvalue weighted by Crippen LogP contribution is -2.01. The summed E-state index contributed by atoms with van der Waals surface area (Å²) in [6.45, 7) is 8.17. The van der Waals surface area contributed by atoms with Gasteiger partial charge in [0.2, 0.25) is 0 Å². The van der Waals surface area contributed by atoms with E-state index < -0.39 is 7.82 Å². The fourth-order valence-electron chi connectivity index (χ4n) is 1.91. The maximum atomic E-state index is 8.88. The first-order valence-corrected chi connectivity index (χ1v) is 10.3. The molecule has 0 aliphatic heterocycles. The second-order valence-corrected chi connectivity index (χ2v) is 6.98. The molecule has 0 aliphatic rings. The minimum atomic E-state index is -4.64. The average Bonchev–Trinajstić information content (AvgIpc) is 2.56. The van der Waals surface area contributed by atoms with Gasteiger partial charge in [-0.1, -0.05) is 71.8 Å². The van der Waals surface area contributed by atoms with Crippen LogP contribution in [0.5, 0.6) is 0 Å². The summed E-state index contributed by atoms with van der Waals surface area (Å²) in [5, 5.41) is 19.9. The second kappa shape index (κ2) is 21.7. The van der Waals surface area contributed by atoms with E-state index in [1.807, 2.05) is 0 Å². The minimum Gasteiger partial charge on any atom is -0.315 e. The van der Waals surface area contributed by atoms with Crippen LogP contribution in [0.2, 0.25) is 0 Å². The quantitative estimate of drug-likeness (QED) is 0.0974. The van der Waals surface area contributed by atoms with Crippen molar-refractivity contribution >= 4 is 7.82 Å². The van der Waals surface area contributed by atoms with Crippen molar-refractivity contribution in [3.05, 3.63) is 12.8 Å². The lowest BCUT2D eigenvalue weighted by molar-refractivity contribution is -0.786. The van der Waals surface area contributed by atoms with Gasteiger partial charge in [0.15, 0.2) is 0 Å². The maximum Gasteiger partial charge on any atom is 0.466 e. The normalized spacial score (nSPS) is 11.2. The smallest absolute Gasteiger partial charge is 0.315 e. The summed E-state index contributed by atoms with van der Waals surface area (Å²) in [5.74, 6) is 0.830. The number of hydrogen-bond donors (Lipinski definition) is 3. The summed E-state index contributed by atoms with van der Waals surface area (Å²) in [6, 6.07) is 0. The van der Waals surface area contributed by atoms with Crippen LogP contribution in [-0.4, -0.2) is 21.3 Å². The van der Waals surface area contributed by atoms with E-state index in [1.54, 1.807) is 0 Å². The molecule has 0 heterocycles. The predicted octanol–water partition coefficient (Wildman–Crippen LogP) is 3.97. The predicted molar refractivity (Wildman–Crippen MR) is 93.3 cm³/mol. The van der Waals surface area contributed by atoms with E-state index in [-0.39, 0.29) is 0 Å². The Morgan fingerprint density at radius 1 is 0.815 bits per heavy atom. The van der Waals surface area contributed by atoms with E-state index in [1.165, 1.54) is 44.9 Å². The maximum absolute atomic E-state index is 8.88. The Bertz CT molecular complexity index is 340. The Morgan fingerprint density at radius 2 is 1.26 bits per heavy atom. The molecule has 0 aromatic carbocycles. The topological polar surface area (TPSA) is 142 Å². The van der Waals surface area contributed by atoms with Crippen LogP contribution in [0.3, 0.4) is 0 Å². The van der Waals surface area contributed by atoms with Crippen molar-refractivity contribution in [2.24, 2.45) is 5.92 Å². The molecule has 164 valence electrons. The van der Waals surface area contributed by atoms with Gasteiger partial charge in [-0.15, -0.1) is 0 Å². The molecule has 0 aliphatic carbocycles. The highest BCUT2D eigenvalue weighted by Crippen LogP contribution is 2.25. The largest absolute Gasteiger partial charge is 0.466 e. The van der Waals surface area contributed by atoms with Crippen LogP contribution in [0.4, 0.5) is 0 Å². The first kappa shape index (κ1) is 28.6. The van der Waals surface area contributed by atoms with Crippen molar-refractivity contribution in [2.75, 3.05) is 6.61 Å². The van der Waals surface area contributed by atoms with Gasteiger partial charge in [-0.3, -0.25) is 0 Å². The molecule has 12 heteroatoms. The second-order valence-electron chi connectivity index (χ2n) is 5.95. The van der Waals surface area contributed by atoms with Gasteiger partial charge < -0.3 is 19.6 Å².